The number of carbonyl (C=O) groups excluding carboxylic acids is 1. The highest BCUT2D eigenvalue weighted by molar-refractivity contribution is 5.85. The minimum Gasteiger partial charge on any atom is -0.354 e. The number of hydrogen-bond donors (Lipinski definition) is 2. The third-order valence-corrected chi connectivity index (χ3v) is 4.46. The summed E-state index contributed by atoms with van der Waals surface area (Å²) < 4.78 is 0. The Balaban J connectivity index is 0. The fourth-order valence-corrected chi connectivity index (χ4v) is 3.07. The van der Waals surface area contributed by atoms with Gasteiger partial charge >= 0.3 is 0 Å². The fraction of sp³-hybridized carbons (Fsp3) is 0.933. The van der Waals surface area contributed by atoms with Crippen molar-refractivity contribution in [2.24, 2.45) is 11.7 Å². The molecule has 0 bridgehead atoms. The standard InChI is InChI=1S/C15H31N3O.2ClH/c1-12-6-5-9-15(10-12,18(3)4)11-17-14(19)8-7-13(2)16;;/h12-13H,5-11,16H2,1-4H3,(H,17,19);2*1H. The van der Waals surface area contributed by atoms with Gasteiger partial charge < -0.3 is 16.0 Å². The van der Waals surface area contributed by atoms with E-state index in [0.29, 0.717) is 6.42 Å². The van der Waals surface area contributed by atoms with Crippen molar-refractivity contribution < 1.29 is 4.79 Å². The van der Waals surface area contributed by atoms with Crippen LogP contribution in [0, 0.1) is 5.92 Å². The number of amides is 1. The topological polar surface area (TPSA) is 58.4 Å². The SMILES string of the molecule is CC(N)CCC(=O)NCC1(N(C)C)CCCC(C)C1.Cl.Cl. The number of rotatable bonds is 6. The van der Waals surface area contributed by atoms with Crippen molar-refractivity contribution in [2.45, 2.75) is 64.0 Å². The lowest BCUT2D eigenvalue weighted by Gasteiger charge is -2.45. The molecule has 3 N–H and O–H groups in total. The summed E-state index contributed by atoms with van der Waals surface area (Å²) >= 11 is 0. The summed E-state index contributed by atoms with van der Waals surface area (Å²) in [6.07, 6.45) is 6.22. The Morgan fingerprint density at radius 2 is 2.05 bits per heavy atom. The van der Waals surface area contributed by atoms with E-state index in [1.54, 1.807) is 0 Å². The van der Waals surface area contributed by atoms with Gasteiger partial charge in [0.1, 0.15) is 0 Å². The number of hydrogen-bond acceptors (Lipinski definition) is 3. The van der Waals surface area contributed by atoms with E-state index in [-0.39, 0.29) is 42.3 Å². The largest absolute Gasteiger partial charge is 0.354 e. The molecule has 1 amide bonds. The fourth-order valence-electron chi connectivity index (χ4n) is 3.07. The van der Waals surface area contributed by atoms with Crippen molar-refractivity contribution in [1.82, 2.24) is 10.2 Å². The summed E-state index contributed by atoms with van der Waals surface area (Å²) in [6, 6.07) is 0.100. The van der Waals surface area contributed by atoms with Crippen LogP contribution in [0.5, 0.6) is 0 Å². The number of nitrogens with zero attached hydrogens (tertiary/aromatic N) is 1. The molecule has 3 unspecified atom stereocenters. The smallest absolute Gasteiger partial charge is 0.220 e. The Morgan fingerprint density at radius 1 is 1.43 bits per heavy atom. The predicted molar refractivity (Wildman–Crippen MR) is 94.4 cm³/mol. The average Bonchev–Trinajstić information content (AvgIpc) is 2.33. The monoisotopic (exact) mass is 341 g/mol. The van der Waals surface area contributed by atoms with Gasteiger partial charge in [0.05, 0.1) is 0 Å². The minimum absolute atomic E-state index is 0. The Kier molecular flexibility index (Phi) is 11.8. The molecular weight excluding hydrogens is 309 g/mol. The molecule has 0 saturated heterocycles. The first-order valence-electron chi connectivity index (χ1n) is 7.55. The second-order valence-corrected chi connectivity index (χ2v) is 6.61. The van der Waals surface area contributed by atoms with Crippen molar-refractivity contribution in [1.29, 1.82) is 0 Å². The molecule has 1 rings (SSSR count). The van der Waals surface area contributed by atoms with Crippen LogP contribution in [0.15, 0.2) is 0 Å². The van der Waals surface area contributed by atoms with E-state index in [2.05, 4.69) is 31.2 Å². The first kappa shape index (κ1) is 23.2. The maximum atomic E-state index is 11.9. The van der Waals surface area contributed by atoms with Crippen molar-refractivity contribution in [2.75, 3.05) is 20.6 Å². The normalized spacial score (nSPS) is 26.5. The third-order valence-electron chi connectivity index (χ3n) is 4.46. The van der Waals surface area contributed by atoms with Crippen LogP contribution in [-0.4, -0.2) is 43.0 Å². The molecule has 0 aromatic carbocycles. The molecule has 0 aliphatic heterocycles. The van der Waals surface area contributed by atoms with Gasteiger partial charge in [-0.2, -0.15) is 0 Å². The number of carbonyl (C=O) groups is 1. The summed E-state index contributed by atoms with van der Waals surface area (Å²) in [7, 11) is 4.26. The molecule has 1 aliphatic rings. The van der Waals surface area contributed by atoms with Gasteiger partial charge in [0.15, 0.2) is 0 Å². The first-order valence-corrected chi connectivity index (χ1v) is 7.55. The van der Waals surface area contributed by atoms with Crippen LogP contribution in [0.25, 0.3) is 0 Å². The number of halogens is 2. The van der Waals surface area contributed by atoms with Crippen LogP contribution < -0.4 is 11.1 Å². The molecule has 1 fully saturated rings. The highest BCUT2D eigenvalue weighted by Crippen LogP contribution is 2.35. The summed E-state index contributed by atoms with van der Waals surface area (Å²) in [5.74, 6) is 0.883. The molecule has 128 valence electrons. The van der Waals surface area contributed by atoms with E-state index in [1.807, 2.05) is 6.92 Å². The van der Waals surface area contributed by atoms with E-state index < -0.39 is 0 Å². The zero-order valence-corrected chi connectivity index (χ0v) is 15.5. The average molecular weight is 342 g/mol. The molecule has 0 aromatic heterocycles. The van der Waals surface area contributed by atoms with Gasteiger partial charge in [-0.05, 0) is 46.2 Å². The van der Waals surface area contributed by atoms with E-state index in [0.717, 1.165) is 18.9 Å². The molecule has 6 heteroatoms. The highest BCUT2D eigenvalue weighted by Gasteiger charge is 2.37. The van der Waals surface area contributed by atoms with Crippen molar-refractivity contribution in [3.8, 4) is 0 Å². The van der Waals surface area contributed by atoms with Crippen LogP contribution >= 0.6 is 24.8 Å². The van der Waals surface area contributed by atoms with Gasteiger partial charge in [-0.3, -0.25) is 4.79 Å². The first-order chi connectivity index (χ1) is 8.85. The third kappa shape index (κ3) is 7.68. The van der Waals surface area contributed by atoms with Crippen LogP contribution in [0.2, 0.25) is 0 Å². The zero-order chi connectivity index (χ0) is 14.5. The van der Waals surface area contributed by atoms with Crippen molar-refractivity contribution in [3.63, 3.8) is 0 Å². The van der Waals surface area contributed by atoms with E-state index in [4.69, 9.17) is 5.73 Å². The van der Waals surface area contributed by atoms with E-state index in [9.17, 15) is 4.79 Å². The molecule has 1 aliphatic carbocycles. The molecule has 3 atom stereocenters. The van der Waals surface area contributed by atoms with Gasteiger partial charge in [0.25, 0.3) is 0 Å². The van der Waals surface area contributed by atoms with Crippen LogP contribution in [0.3, 0.4) is 0 Å². The summed E-state index contributed by atoms with van der Waals surface area (Å²) in [5, 5.41) is 3.11. The van der Waals surface area contributed by atoms with E-state index >= 15 is 0 Å². The maximum Gasteiger partial charge on any atom is 0.220 e. The number of likely N-dealkylation sites (N-methyl/N-ethyl adjacent to an activating group) is 1. The lowest BCUT2D eigenvalue weighted by molar-refractivity contribution is -0.122. The van der Waals surface area contributed by atoms with E-state index in [1.165, 1.54) is 25.7 Å². The molecule has 0 heterocycles. The Morgan fingerprint density at radius 3 is 2.52 bits per heavy atom. The second-order valence-electron chi connectivity index (χ2n) is 6.61. The molecule has 0 spiro atoms. The predicted octanol–water partition coefficient (Wildman–Crippen LogP) is 2.58. The van der Waals surface area contributed by atoms with Crippen LogP contribution in [0.4, 0.5) is 0 Å². The Labute approximate surface area is 142 Å². The number of nitrogens with two attached hydrogens (primary N) is 1. The summed E-state index contributed by atoms with van der Waals surface area (Å²) in [4.78, 5) is 14.2. The van der Waals surface area contributed by atoms with Gasteiger partial charge in [0, 0.05) is 24.5 Å². The minimum atomic E-state index is 0. The summed E-state index contributed by atoms with van der Waals surface area (Å²) in [5.41, 5.74) is 5.82. The van der Waals surface area contributed by atoms with Crippen molar-refractivity contribution in [3.05, 3.63) is 0 Å². The molecule has 21 heavy (non-hydrogen) atoms. The summed E-state index contributed by atoms with van der Waals surface area (Å²) in [6.45, 7) is 5.02. The molecule has 4 nitrogen and oxygen atoms in total. The maximum absolute atomic E-state index is 11.9. The molecular formula is C15H33Cl2N3O. The highest BCUT2D eigenvalue weighted by atomic mass is 35.5. The number of nitrogens with one attached hydrogen (secondary N) is 1. The second kappa shape index (κ2) is 10.7. The molecule has 1 saturated carbocycles. The lowest BCUT2D eigenvalue weighted by atomic mass is 9.75. The van der Waals surface area contributed by atoms with Gasteiger partial charge in [0.2, 0.25) is 5.91 Å². The van der Waals surface area contributed by atoms with Gasteiger partial charge in [-0.25, -0.2) is 0 Å². The molecule has 0 radical (unpaired) electrons. The van der Waals surface area contributed by atoms with Crippen LogP contribution in [-0.2, 0) is 4.79 Å². The quantitative estimate of drug-likeness (QED) is 0.780. The molecule has 0 aromatic rings. The van der Waals surface area contributed by atoms with Crippen molar-refractivity contribution >= 4 is 30.7 Å². The zero-order valence-electron chi connectivity index (χ0n) is 13.9. The van der Waals surface area contributed by atoms with Gasteiger partial charge in [-0.1, -0.05) is 19.8 Å². The Hall–Kier alpha value is -0.0300. The lowest BCUT2D eigenvalue weighted by Crippen LogP contribution is -2.55. The van der Waals surface area contributed by atoms with Crippen LogP contribution in [0.1, 0.15) is 52.4 Å². The Bertz CT molecular complexity index is 301. The van der Waals surface area contributed by atoms with Gasteiger partial charge in [-0.15, -0.1) is 24.8 Å².